The molecule has 1 aromatic rings. The van der Waals surface area contributed by atoms with Crippen LogP contribution in [0.25, 0.3) is 0 Å². The quantitative estimate of drug-likeness (QED) is 0.633. The number of sulfonamides is 1. The molecule has 1 aliphatic rings. The van der Waals surface area contributed by atoms with Gasteiger partial charge < -0.3 is 15.3 Å². The van der Waals surface area contributed by atoms with Crippen LogP contribution in [0.5, 0.6) is 0 Å². The molecule has 0 radical (unpaired) electrons. The summed E-state index contributed by atoms with van der Waals surface area (Å²) in [7, 11) is -3.37. The number of anilines is 1. The number of hydrogen-bond donors (Lipinski definition) is 3. The molecule has 9 nitrogen and oxygen atoms in total. The average Bonchev–Trinajstić information content (AvgIpc) is 2.75. The summed E-state index contributed by atoms with van der Waals surface area (Å²) in [4.78, 5) is 22.4. The van der Waals surface area contributed by atoms with Crippen LogP contribution in [0.3, 0.4) is 0 Å². The molecular formula is C15H25N5O4S. The van der Waals surface area contributed by atoms with Crippen molar-refractivity contribution in [3.8, 4) is 0 Å². The lowest BCUT2D eigenvalue weighted by Gasteiger charge is -2.26. The fraction of sp³-hybridized carbons (Fsp3) is 0.667. The molecule has 140 valence electrons. The van der Waals surface area contributed by atoms with E-state index in [2.05, 4.69) is 20.0 Å². The Morgan fingerprint density at radius 3 is 2.60 bits per heavy atom. The Morgan fingerprint density at radius 2 is 2.00 bits per heavy atom. The van der Waals surface area contributed by atoms with Crippen LogP contribution in [-0.2, 0) is 10.0 Å². The SMILES string of the molecule is CCNc1ncc(C(=O)N2CCC[C@](O)(CNS(C)(=O)=O)CC2)cn1. The van der Waals surface area contributed by atoms with Crippen molar-refractivity contribution in [2.45, 2.75) is 31.8 Å². The van der Waals surface area contributed by atoms with Gasteiger partial charge in [0, 0.05) is 38.6 Å². The van der Waals surface area contributed by atoms with Crippen molar-refractivity contribution in [1.29, 1.82) is 0 Å². The summed E-state index contributed by atoms with van der Waals surface area (Å²) in [6.07, 6.45) is 5.34. The first-order valence-corrected chi connectivity index (χ1v) is 10.1. The van der Waals surface area contributed by atoms with Gasteiger partial charge in [0.2, 0.25) is 16.0 Å². The van der Waals surface area contributed by atoms with Gasteiger partial charge in [0.25, 0.3) is 5.91 Å². The molecule has 2 rings (SSSR count). The molecule has 1 atom stereocenters. The first-order valence-electron chi connectivity index (χ1n) is 8.25. The molecule has 0 bridgehead atoms. The van der Waals surface area contributed by atoms with Gasteiger partial charge >= 0.3 is 0 Å². The van der Waals surface area contributed by atoms with Crippen molar-refractivity contribution in [3.05, 3.63) is 18.0 Å². The Kier molecular flexibility index (Phi) is 6.31. The minimum absolute atomic E-state index is 0.0473. The zero-order chi connectivity index (χ0) is 18.5. The van der Waals surface area contributed by atoms with Gasteiger partial charge in [0.1, 0.15) is 0 Å². The fourth-order valence-corrected chi connectivity index (χ4v) is 3.23. The molecule has 1 fully saturated rings. The summed E-state index contributed by atoms with van der Waals surface area (Å²) in [5, 5.41) is 13.5. The van der Waals surface area contributed by atoms with E-state index in [4.69, 9.17) is 0 Å². The van der Waals surface area contributed by atoms with E-state index in [1.807, 2.05) is 6.92 Å². The molecule has 0 unspecified atom stereocenters. The lowest BCUT2D eigenvalue weighted by atomic mass is 9.95. The first-order chi connectivity index (χ1) is 11.7. The highest BCUT2D eigenvalue weighted by Crippen LogP contribution is 2.23. The summed E-state index contributed by atoms with van der Waals surface area (Å²) in [5.74, 6) is 0.277. The second kappa shape index (κ2) is 8.07. The third-order valence-electron chi connectivity index (χ3n) is 4.10. The Balaban J connectivity index is 1.98. The molecule has 1 aromatic heterocycles. The number of carbonyl (C=O) groups excluding carboxylic acids is 1. The molecule has 1 aliphatic heterocycles. The van der Waals surface area contributed by atoms with Crippen LogP contribution in [0.4, 0.5) is 5.95 Å². The lowest BCUT2D eigenvalue weighted by molar-refractivity contribution is 0.0305. The minimum Gasteiger partial charge on any atom is -0.388 e. The molecule has 10 heteroatoms. The van der Waals surface area contributed by atoms with E-state index in [9.17, 15) is 18.3 Å². The van der Waals surface area contributed by atoms with Crippen LogP contribution in [-0.4, -0.2) is 72.3 Å². The van der Waals surface area contributed by atoms with Gasteiger partial charge in [-0.2, -0.15) is 0 Å². The van der Waals surface area contributed by atoms with Crippen molar-refractivity contribution < 1.29 is 18.3 Å². The van der Waals surface area contributed by atoms with Crippen molar-refractivity contribution in [1.82, 2.24) is 19.6 Å². The van der Waals surface area contributed by atoms with E-state index in [0.717, 1.165) is 6.26 Å². The van der Waals surface area contributed by atoms with E-state index in [1.165, 1.54) is 12.4 Å². The number of nitrogens with one attached hydrogen (secondary N) is 2. The maximum atomic E-state index is 12.6. The Hall–Kier alpha value is -1.78. The van der Waals surface area contributed by atoms with Crippen LogP contribution in [0, 0.1) is 0 Å². The zero-order valence-corrected chi connectivity index (χ0v) is 15.3. The minimum atomic E-state index is -3.37. The number of rotatable bonds is 6. The number of nitrogens with zero attached hydrogens (tertiary/aromatic N) is 3. The van der Waals surface area contributed by atoms with Gasteiger partial charge in [-0.25, -0.2) is 23.1 Å². The van der Waals surface area contributed by atoms with Gasteiger partial charge in [-0.3, -0.25) is 4.79 Å². The van der Waals surface area contributed by atoms with Crippen LogP contribution in [0.15, 0.2) is 12.4 Å². The molecule has 0 spiro atoms. The van der Waals surface area contributed by atoms with Crippen LogP contribution in [0.1, 0.15) is 36.5 Å². The summed E-state index contributed by atoms with van der Waals surface area (Å²) in [6.45, 7) is 3.41. The molecular weight excluding hydrogens is 346 g/mol. The maximum absolute atomic E-state index is 12.6. The predicted octanol–water partition coefficient (Wildman–Crippen LogP) is -0.185. The largest absolute Gasteiger partial charge is 0.388 e. The second-order valence-electron chi connectivity index (χ2n) is 6.29. The number of amides is 1. The number of likely N-dealkylation sites (tertiary alicyclic amines) is 1. The maximum Gasteiger partial charge on any atom is 0.256 e. The normalized spacial score (nSPS) is 21.6. The van der Waals surface area contributed by atoms with E-state index >= 15 is 0 Å². The Labute approximate surface area is 147 Å². The van der Waals surface area contributed by atoms with Gasteiger partial charge in [0.05, 0.1) is 17.4 Å². The molecule has 2 heterocycles. The van der Waals surface area contributed by atoms with Gasteiger partial charge in [-0.05, 0) is 26.2 Å². The third-order valence-corrected chi connectivity index (χ3v) is 4.77. The molecule has 3 N–H and O–H groups in total. The molecule has 1 amide bonds. The summed E-state index contributed by atoms with van der Waals surface area (Å²) in [6, 6.07) is 0. The van der Waals surface area contributed by atoms with E-state index < -0.39 is 15.6 Å². The van der Waals surface area contributed by atoms with Crippen molar-refractivity contribution in [2.24, 2.45) is 0 Å². The molecule has 0 saturated carbocycles. The highest BCUT2D eigenvalue weighted by molar-refractivity contribution is 7.88. The van der Waals surface area contributed by atoms with Crippen molar-refractivity contribution in [2.75, 3.05) is 37.8 Å². The number of aliphatic hydroxyl groups is 1. The van der Waals surface area contributed by atoms with Crippen LogP contribution in [0.2, 0.25) is 0 Å². The first kappa shape index (κ1) is 19.5. The van der Waals surface area contributed by atoms with Gasteiger partial charge in [0.15, 0.2) is 0 Å². The average molecular weight is 371 g/mol. The standard InChI is InChI=1S/C15H25N5O4S/c1-3-16-14-17-9-12(10-18-14)13(21)20-7-4-5-15(22,6-8-20)11-19-25(2,23)24/h9-10,19,22H,3-8,11H2,1-2H3,(H,16,17,18)/t15-/m1/s1. The predicted molar refractivity (Wildman–Crippen MR) is 93.7 cm³/mol. The van der Waals surface area contributed by atoms with E-state index in [1.54, 1.807) is 4.90 Å². The molecule has 0 aliphatic carbocycles. The zero-order valence-electron chi connectivity index (χ0n) is 14.5. The summed E-state index contributed by atoms with van der Waals surface area (Å²) < 4.78 is 24.8. The highest BCUT2D eigenvalue weighted by Gasteiger charge is 2.32. The Morgan fingerprint density at radius 1 is 1.32 bits per heavy atom. The molecule has 1 saturated heterocycles. The van der Waals surface area contributed by atoms with E-state index in [-0.39, 0.29) is 12.5 Å². The summed E-state index contributed by atoms with van der Waals surface area (Å²) in [5.41, 5.74) is -0.759. The van der Waals surface area contributed by atoms with Crippen LogP contribution >= 0.6 is 0 Å². The van der Waals surface area contributed by atoms with Gasteiger partial charge in [-0.1, -0.05) is 0 Å². The second-order valence-corrected chi connectivity index (χ2v) is 8.12. The van der Waals surface area contributed by atoms with Crippen molar-refractivity contribution in [3.63, 3.8) is 0 Å². The monoisotopic (exact) mass is 371 g/mol. The van der Waals surface area contributed by atoms with Crippen LogP contribution < -0.4 is 10.0 Å². The summed E-state index contributed by atoms with van der Waals surface area (Å²) >= 11 is 0. The third kappa shape index (κ3) is 5.91. The topological polar surface area (TPSA) is 125 Å². The fourth-order valence-electron chi connectivity index (χ4n) is 2.69. The Bertz CT molecular complexity index is 694. The van der Waals surface area contributed by atoms with E-state index in [0.29, 0.717) is 50.4 Å². The lowest BCUT2D eigenvalue weighted by Crippen LogP contribution is -2.43. The highest BCUT2D eigenvalue weighted by atomic mass is 32.2. The molecule has 0 aromatic carbocycles. The molecule has 25 heavy (non-hydrogen) atoms. The van der Waals surface area contributed by atoms with Gasteiger partial charge in [-0.15, -0.1) is 0 Å². The smallest absolute Gasteiger partial charge is 0.256 e. The number of aromatic nitrogens is 2. The van der Waals surface area contributed by atoms with Crippen molar-refractivity contribution >= 4 is 21.9 Å². The number of carbonyl (C=O) groups is 1. The number of hydrogen-bond acceptors (Lipinski definition) is 7.